The molecule has 3 aliphatic heterocycles. The first-order chi connectivity index (χ1) is 32.8. The van der Waals surface area contributed by atoms with Gasteiger partial charge in [-0.1, -0.05) is 32.0 Å². The van der Waals surface area contributed by atoms with Crippen LogP contribution in [0.4, 0.5) is 0 Å². The standard InChI is InChI=1S/C51H80N4O14/c1-11-41(59)67-39-26-40(58)53-36(18-15-16-33-25-34-17-13-14-19-37(34)52-28-33)20-22-55(9)29-38(57)30(3)24-35(21-23-56)47(48(39)63-10)69-50-45(60)44(54(7)8)46(32(5)66-50)68-42-27-51(6,62)43(31(4)65-42)49(61)64-12-2/h13-14,17,19,23,25,28,30-32,35-36,38-39,42-48,50,57,60,62H,11-12,15-16,18,20-22,24,26-27,29H2,1-10H3,(H,53,58)/t30-,31+,32-,35+,36?,38+,39-,42+,43-,44-,45-,46-,47+,48+,50+,51-/m1/s1. The van der Waals surface area contributed by atoms with E-state index in [1.165, 1.54) is 7.11 Å². The Balaban J connectivity index is 1.42. The Morgan fingerprint density at radius 2 is 1.80 bits per heavy atom. The maximum absolute atomic E-state index is 14.2. The Labute approximate surface area is 408 Å². The van der Waals surface area contributed by atoms with E-state index in [4.69, 9.17) is 33.2 Å². The highest BCUT2D eigenvalue weighted by atomic mass is 16.7. The predicted octanol–water partition coefficient (Wildman–Crippen LogP) is 3.57. The van der Waals surface area contributed by atoms with Crippen LogP contribution in [0.3, 0.4) is 0 Å². The van der Waals surface area contributed by atoms with Crippen molar-refractivity contribution in [3.63, 3.8) is 0 Å². The second-order valence-electron chi connectivity index (χ2n) is 19.9. The largest absolute Gasteiger partial charge is 0.466 e. The quantitative estimate of drug-likeness (QED) is 0.139. The summed E-state index contributed by atoms with van der Waals surface area (Å²) in [5.41, 5.74) is 0.474. The number of aliphatic hydroxyl groups is 3. The molecule has 3 saturated heterocycles. The predicted molar refractivity (Wildman–Crippen MR) is 256 cm³/mol. The second-order valence-corrected chi connectivity index (χ2v) is 19.9. The number of nitrogens with one attached hydrogen (secondary N) is 1. The SMILES string of the molecule is CCOC(=O)[C@H]1[C@H](C)O[C@@H](O[C@H]2[C@H](N(C)C)[C@@H](O)[C@H](O[C@H]3[C@@H](CC=O)C[C@@H](C)[C@@H](O)CN(C)CCC(CCCc4cnc5ccccc5c4)NC(=O)C[C@@H](OC(=O)CC)[C@@H]3OC)O[C@@H]2C)C[C@@]1(C)O. The second kappa shape index (κ2) is 26.1. The van der Waals surface area contributed by atoms with Crippen LogP contribution in [0, 0.1) is 17.8 Å². The molecule has 1 aromatic carbocycles. The molecule has 388 valence electrons. The van der Waals surface area contributed by atoms with Gasteiger partial charge in [-0.25, -0.2) is 0 Å². The molecule has 1 unspecified atom stereocenters. The third-order valence-electron chi connectivity index (χ3n) is 14.1. The van der Waals surface area contributed by atoms with Gasteiger partial charge in [0.2, 0.25) is 5.91 Å². The minimum Gasteiger partial charge on any atom is -0.466 e. The minimum absolute atomic E-state index is 0.00985. The number of carbonyl (C=O) groups excluding carboxylic acids is 4. The highest BCUT2D eigenvalue weighted by Gasteiger charge is 2.54. The molecule has 18 heteroatoms. The van der Waals surface area contributed by atoms with Gasteiger partial charge >= 0.3 is 11.9 Å². The van der Waals surface area contributed by atoms with Gasteiger partial charge in [-0.05, 0) is 117 Å². The third-order valence-corrected chi connectivity index (χ3v) is 14.1. The summed E-state index contributed by atoms with van der Waals surface area (Å²) >= 11 is 0. The van der Waals surface area contributed by atoms with Gasteiger partial charge in [0, 0.05) is 50.5 Å². The molecule has 1 amide bonds. The first-order valence-corrected chi connectivity index (χ1v) is 24.8. The van der Waals surface area contributed by atoms with Crippen LogP contribution in [-0.4, -0.2) is 181 Å². The number of para-hydroxylation sites is 1. The molecular formula is C51H80N4O14. The molecule has 3 fully saturated rings. The van der Waals surface area contributed by atoms with E-state index < -0.39 is 96.8 Å². The molecule has 4 heterocycles. The van der Waals surface area contributed by atoms with E-state index in [9.17, 15) is 34.5 Å². The number of aromatic nitrogens is 1. The number of hydrogen-bond acceptors (Lipinski definition) is 17. The zero-order chi connectivity index (χ0) is 50.6. The number of aldehydes is 1. The summed E-state index contributed by atoms with van der Waals surface area (Å²) in [6, 6.07) is 9.04. The van der Waals surface area contributed by atoms with Crippen LogP contribution in [-0.2, 0) is 58.8 Å². The van der Waals surface area contributed by atoms with Gasteiger partial charge in [0.1, 0.15) is 36.6 Å². The maximum atomic E-state index is 14.2. The molecule has 0 spiro atoms. The number of aliphatic hydroxyl groups excluding tert-OH is 2. The van der Waals surface area contributed by atoms with Gasteiger partial charge in [0.05, 0.1) is 54.6 Å². The van der Waals surface area contributed by atoms with Crippen molar-refractivity contribution in [1.29, 1.82) is 0 Å². The Bertz CT molecular complexity index is 1960. The van der Waals surface area contributed by atoms with E-state index in [0.29, 0.717) is 25.9 Å². The molecule has 2 aromatic rings. The summed E-state index contributed by atoms with van der Waals surface area (Å²) in [5.74, 6) is -3.52. The number of benzene rings is 1. The fourth-order valence-electron chi connectivity index (χ4n) is 10.4. The van der Waals surface area contributed by atoms with Crippen LogP contribution in [0.25, 0.3) is 10.9 Å². The molecule has 69 heavy (non-hydrogen) atoms. The highest BCUT2D eigenvalue weighted by Crippen LogP contribution is 2.39. The summed E-state index contributed by atoms with van der Waals surface area (Å²) in [7, 11) is 6.87. The van der Waals surface area contributed by atoms with E-state index in [2.05, 4.69) is 16.4 Å². The van der Waals surface area contributed by atoms with E-state index in [1.54, 1.807) is 53.6 Å². The van der Waals surface area contributed by atoms with Crippen molar-refractivity contribution in [3.05, 3.63) is 42.1 Å². The average molecular weight is 973 g/mol. The van der Waals surface area contributed by atoms with Gasteiger partial charge in [0.25, 0.3) is 0 Å². The number of aryl methyl sites for hydroxylation is 1. The number of ether oxygens (including phenoxy) is 7. The van der Waals surface area contributed by atoms with Crippen molar-refractivity contribution in [1.82, 2.24) is 20.1 Å². The number of likely N-dealkylation sites (N-methyl/N-ethyl adjacent to an activating group) is 2. The maximum Gasteiger partial charge on any atom is 0.314 e. The Hall–Kier alpha value is -3.69. The summed E-state index contributed by atoms with van der Waals surface area (Å²) in [5, 5.41) is 39.7. The number of rotatable bonds is 16. The Kier molecular flexibility index (Phi) is 21.3. The lowest BCUT2D eigenvalue weighted by Crippen LogP contribution is -2.65. The van der Waals surface area contributed by atoms with Crippen LogP contribution in [0.1, 0.15) is 98.5 Å². The van der Waals surface area contributed by atoms with E-state index in [1.807, 2.05) is 49.3 Å². The van der Waals surface area contributed by atoms with Gasteiger partial charge in [-0.15, -0.1) is 0 Å². The molecule has 0 radical (unpaired) electrons. The number of methoxy groups -OCH3 is 1. The first-order valence-electron chi connectivity index (χ1n) is 24.8. The van der Waals surface area contributed by atoms with Gasteiger partial charge in [-0.3, -0.25) is 19.4 Å². The van der Waals surface area contributed by atoms with Crippen molar-refractivity contribution >= 4 is 35.0 Å². The Morgan fingerprint density at radius 3 is 2.46 bits per heavy atom. The number of esters is 2. The summed E-state index contributed by atoms with van der Waals surface area (Å²) < 4.78 is 43.4. The molecular weight excluding hydrogens is 893 g/mol. The molecule has 0 aliphatic carbocycles. The summed E-state index contributed by atoms with van der Waals surface area (Å²) in [6.07, 6.45) is -5.18. The monoisotopic (exact) mass is 973 g/mol. The molecule has 0 saturated carbocycles. The van der Waals surface area contributed by atoms with E-state index in [-0.39, 0.29) is 56.6 Å². The van der Waals surface area contributed by atoms with Crippen LogP contribution in [0.5, 0.6) is 0 Å². The van der Waals surface area contributed by atoms with Crippen LogP contribution in [0.15, 0.2) is 36.5 Å². The van der Waals surface area contributed by atoms with Gasteiger partial charge < -0.3 is 68.4 Å². The molecule has 16 atom stereocenters. The Morgan fingerprint density at radius 1 is 1.06 bits per heavy atom. The summed E-state index contributed by atoms with van der Waals surface area (Å²) in [6.45, 7) is 11.2. The lowest BCUT2D eigenvalue weighted by Gasteiger charge is -2.50. The normalized spacial score (nSPS) is 35.7. The zero-order valence-electron chi connectivity index (χ0n) is 42.4. The number of hydrogen-bond donors (Lipinski definition) is 4. The van der Waals surface area contributed by atoms with Crippen LogP contribution < -0.4 is 5.32 Å². The van der Waals surface area contributed by atoms with Crippen molar-refractivity contribution in [2.45, 2.75) is 178 Å². The number of carbonyl (C=O) groups is 4. The van der Waals surface area contributed by atoms with Crippen LogP contribution in [0.2, 0.25) is 0 Å². The van der Waals surface area contributed by atoms with E-state index in [0.717, 1.165) is 35.6 Å². The topological polar surface area (TPSA) is 225 Å². The van der Waals surface area contributed by atoms with Gasteiger partial charge in [0.15, 0.2) is 12.6 Å². The van der Waals surface area contributed by atoms with Crippen molar-refractivity contribution in [3.8, 4) is 0 Å². The molecule has 18 nitrogen and oxygen atoms in total. The number of nitrogens with zero attached hydrogens (tertiary/aromatic N) is 3. The molecule has 0 bridgehead atoms. The van der Waals surface area contributed by atoms with Crippen LogP contribution >= 0.6 is 0 Å². The number of pyridine rings is 1. The molecule has 3 aliphatic rings. The number of β-amino-alcohol motifs (C(OH)–C–C–N with tert-alkyl or cyclic N) is 1. The highest BCUT2D eigenvalue weighted by molar-refractivity contribution is 5.79. The van der Waals surface area contributed by atoms with Crippen molar-refractivity contribution < 1.29 is 67.7 Å². The lowest BCUT2D eigenvalue weighted by atomic mass is 9.80. The fourth-order valence-corrected chi connectivity index (χ4v) is 10.4. The number of fused-ring (bicyclic) bond motifs is 1. The minimum atomic E-state index is -1.54. The van der Waals surface area contributed by atoms with Crippen molar-refractivity contribution in [2.75, 3.05) is 47.9 Å². The smallest absolute Gasteiger partial charge is 0.314 e. The average Bonchev–Trinajstić information content (AvgIpc) is 3.28. The first kappa shape index (κ1) is 56.2. The van der Waals surface area contributed by atoms with Gasteiger partial charge in [-0.2, -0.15) is 0 Å². The third kappa shape index (κ3) is 15.2. The lowest BCUT2D eigenvalue weighted by molar-refractivity contribution is -0.340. The fraction of sp³-hybridized carbons (Fsp3) is 0.745. The van der Waals surface area contributed by atoms with E-state index >= 15 is 0 Å². The number of amides is 1. The summed E-state index contributed by atoms with van der Waals surface area (Å²) in [4.78, 5) is 61.2. The molecule has 5 rings (SSSR count). The van der Waals surface area contributed by atoms with Crippen molar-refractivity contribution in [2.24, 2.45) is 17.8 Å². The zero-order valence-corrected chi connectivity index (χ0v) is 42.4. The molecule has 4 N–H and O–H groups in total. The molecule has 1 aromatic heterocycles.